The lowest BCUT2D eigenvalue weighted by Crippen LogP contribution is -2.56. The highest BCUT2D eigenvalue weighted by atomic mass is 16.5. The molecule has 0 spiro atoms. The van der Waals surface area contributed by atoms with Gasteiger partial charge in [-0.05, 0) is 23.8 Å². The maximum absolute atomic E-state index is 11.9. The van der Waals surface area contributed by atoms with Gasteiger partial charge in [0.2, 0.25) is 11.7 Å². The average molecular weight is 341 g/mol. The van der Waals surface area contributed by atoms with Crippen molar-refractivity contribution >= 4 is 12.0 Å². The molecule has 0 heterocycles. The van der Waals surface area contributed by atoms with Gasteiger partial charge in [0.1, 0.15) is 5.54 Å². The Balaban J connectivity index is 2.99. The van der Waals surface area contributed by atoms with Gasteiger partial charge in [-0.1, -0.05) is 0 Å². The lowest BCUT2D eigenvalue weighted by atomic mass is 10.0. The highest BCUT2D eigenvalue weighted by Crippen LogP contribution is 2.38. The number of rotatable bonds is 9. The fourth-order valence-corrected chi connectivity index (χ4v) is 1.94. The third kappa shape index (κ3) is 4.60. The summed E-state index contributed by atoms with van der Waals surface area (Å²) in [5, 5.41) is 30.0. The molecule has 0 saturated carbocycles. The van der Waals surface area contributed by atoms with Crippen molar-refractivity contribution in [2.45, 2.75) is 5.54 Å². The Labute approximate surface area is 140 Å². The Bertz CT molecular complexity index is 549. The lowest BCUT2D eigenvalue weighted by molar-refractivity contribution is -0.120. The van der Waals surface area contributed by atoms with Gasteiger partial charge in [0.05, 0.1) is 41.2 Å². The van der Waals surface area contributed by atoms with E-state index < -0.39 is 31.3 Å². The van der Waals surface area contributed by atoms with Crippen LogP contribution in [-0.2, 0) is 4.79 Å². The molecule has 1 aromatic carbocycles. The van der Waals surface area contributed by atoms with Crippen molar-refractivity contribution in [3.63, 3.8) is 0 Å². The molecule has 4 N–H and O–H groups in total. The summed E-state index contributed by atoms with van der Waals surface area (Å²) in [6.45, 7) is -1.78. The van der Waals surface area contributed by atoms with E-state index in [1.807, 2.05) is 0 Å². The van der Waals surface area contributed by atoms with Crippen LogP contribution in [0.25, 0.3) is 6.08 Å². The van der Waals surface area contributed by atoms with Crippen molar-refractivity contribution in [1.82, 2.24) is 5.32 Å². The largest absolute Gasteiger partial charge is 0.493 e. The summed E-state index contributed by atoms with van der Waals surface area (Å²) in [6.07, 6.45) is 2.70. The first-order chi connectivity index (χ1) is 11.5. The molecule has 0 atom stereocenters. The number of methoxy groups -OCH3 is 3. The van der Waals surface area contributed by atoms with E-state index in [0.717, 1.165) is 0 Å². The zero-order valence-corrected chi connectivity index (χ0v) is 13.9. The molecule has 0 aliphatic rings. The minimum absolute atomic E-state index is 0.432. The van der Waals surface area contributed by atoms with Crippen LogP contribution in [0, 0.1) is 0 Å². The Morgan fingerprint density at radius 1 is 1.04 bits per heavy atom. The summed E-state index contributed by atoms with van der Waals surface area (Å²) in [7, 11) is 4.45. The SMILES string of the molecule is COc1cc(C=CC(=O)NC(CO)(CO)CO)cc(OC)c1OC. The summed E-state index contributed by atoms with van der Waals surface area (Å²) < 4.78 is 15.7. The van der Waals surface area contributed by atoms with E-state index in [0.29, 0.717) is 22.8 Å². The predicted octanol–water partition coefficient (Wildman–Crippen LogP) is -0.442. The van der Waals surface area contributed by atoms with Gasteiger partial charge in [-0.3, -0.25) is 4.79 Å². The van der Waals surface area contributed by atoms with Gasteiger partial charge in [-0.15, -0.1) is 0 Å². The van der Waals surface area contributed by atoms with Crippen molar-refractivity contribution in [3.8, 4) is 17.2 Å². The molecule has 0 radical (unpaired) electrons. The van der Waals surface area contributed by atoms with E-state index in [2.05, 4.69) is 5.32 Å². The highest BCUT2D eigenvalue weighted by Gasteiger charge is 2.29. The van der Waals surface area contributed by atoms with Crippen LogP contribution in [0.15, 0.2) is 18.2 Å². The summed E-state index contributed by atoms with van der Waals surface area (Å²) >= 11 is 0. The Morgan fingerprint density at radius 3 is 1.92 bits per heavy atom. The number of ether oxygens (including phenoxy) is 3. The van der Waals surface area contributed by atoms with E-state index in [4.69, 9.17) is 14.2 Å². The fraction of sp³-hybridized carbons (Fsp3) is 0.438. The lowest BCUT2D eigenvalue weighted by Gasteiger charge is -2.27. The Hall–Kier alpha value is -2.29. The van der Waals surface area contributed by atoms with Crippen LogP contribution in [0.2, 0.25) is 0 Å². The average Bonchev–Trinajstić information content (AvgIpc) is 2.63. The number of amides is 1. The number of benzene rings is 1. The molecule has 0 aliphatic heterocycles. The van der Waals surface area contributed by atoms with Gasteiger partial charge < -0.3 is 34.8 Å². The predicted molar refractivity (Wildman–Crippen MR) is 87.3 cm³/mol. The maximum atomic E-state index is 11.9. The van der Waals surface area contributed by atoms with Crippen LogP contribution in [0.4, 0.5) is 0 Å². The minimum atomic E-state index is -1.48. The normalized spacial score (nSPS) is 11.4. The minimum Gasteiger partial charge on any atom is -0.493 e. The molecule has 0 fully saturated rings. The second-order valence-electron chi connectivity index (χ2n) is 5.04. The van der Waals surface area contributed by atoms with Gasteiger partial charge in [0, 0.05) is 6.08 Å². The number of carbonyl (C=O) groups excluding carboxylic acids is 1. The monoisotopic (exact) mass is 341 g/mol. The Kier molecular flexibility index (Phi) is 7.50. The van der Waals surface area contributed by atoms with Gasteiger partial charge in [-0.2, -0.15) is 0 Å². The molecule has 0 aromatic heterocycles. The third-order valence-electron chi connectivity index (χ3n) is 3.41. The molecule has 134 valence electrons. The first-order valence-corrected chi connectivity index (χ1v) is 7.12. The smallest absolute Gasteiger partial charge is 0.244 e. The van der Waals surface area contributed by atoms with Crippen LogP contribution in [0.5, 0.6) is 17.2 Å². The van der Waals surface area contributed by atoms with E-state index in [1.165, 1.54) is 33.5 Å². The van der Waals surface area contributed by atoms with Gasteiger partial charge in [0.25, 0.3) is 0 Å². The molecule has 1 amide bonds. The van der Waals surface area contributed by atoms with E-state index >= 15 is 0 Å². The molecular formula is C16H23NO7. The molecule has 8 heteroatoms. The maximum Gasteiger partial charge on any atom is 0.244 e. The van der Waals surface area contributed by atoms with Crippen molar-refractivity contribution < 1.29 is 34.3 Å². The van der Waals surface area contributed by atoms with Gasteiger partial charge in [-0.25, -0.2) is 0 Å². The quantitative estimate of drug-likeness (QED) is 0.450. The first-order valence-electron chi connectivity index (χ1n) is 7.12. The number of nitrogens with one attached hydrogen (secondary N) is 1. The fourth-order valence-electron chi connectivity index (χ4n) is 1.94. The molecule has 24 heavy (non-hydrogen) atoms. The first kappa shape index (κ1) is 19.8. The molecule has 1 rings (SSSR count). The van der Waals surface area contributed by atoms with Gasteiger partial charge in [0.15, 0.2) is 11.5 Å². The van der Waals surface area contributed by atoms with E-state index in [1.54, 1.807) is 12.1 Å². The van der Waals surface area contributed by atoms with Gasteiger partial charge >= 0.3 is 0 Å². The summed E-state index contributed by atoms with van der Waals surface area (Å²) in [5.74, 6) is 0.724. The van der Waals surface area contributed by atoms with Crippen LogP contribution < -0.4 is 19.5 Å². The molecule has 8 nitrogen and oxygen atoms in total. The van der Waals surface area contributed by atoms with E-state index in [-0.39, 0.29) is 0 Å². The van der Waals surface area contributed by atoms with Crippen LogP contribution in [-0.4, -0.2) is 67.9 Å². The Morgan fingerprint density at radius 2 is 1.54 bits per heavy atom. The molecular weight excluding hydrogens is 318 g/mol. The van der Waals surface area contributed by atoms with Crippen LogP contribution in [0.1, 0.15) is 5.56 Å². The zero-order chi connectivity index (χ0) is 18.2. The van der Waals surface area contributed by atoms with Crippen molar-refractivity contribution in [2.75, 3.05) is 41.2 Å². The number of aliphatic hydroxyl groups is 3. The number of aliphatic hydroxyl groups excluding tert-OH is 3. The van der Waals surface area contributed by atoms with Crippen LogP contribution >= 0.6 is 0 Å². The standard InChI is InChI=1S/C16H23NO7/c1-22-12-6-11(7-13(23-2)15(12)24-3)4-5-14(21)17-16(8-18,9-19)10-20/h4-7,18-20H,8-10H2,1-3H3,(H,17,21). The highest BCUT2D eigenvalue weighted by molar-refractivity contribution is 5.92. The second-order valence-corrected chi connectivity index (χ2v) is 5.04. The topological polar surface area (TPSA) is 117 Å². The second kappa shape index (κ2) is 9.11. The molecule has 0 aliphatic carbocycles. The molecule has 0 bridgehead atoms. The summed E-state index contributed by atoms with van der Waals surface area (Å²) in [6, 6.07) is 3.31. The van der Waals surface area contributed by atoms with Crippen molar-refractivity contribution in [2.24, 2.45) is 0 Å². The summed E-state index contributed by atoms with van der Waals surface area (Å²) in [4.78, 5) is 11.9. The van der Waals surface area contributed by atoms with Crippen molar-refractivity contribution in [3.05, 3.63) is 23.8 Å². The zero-order valence-electron chi connectivity index (χ0n) is 13.9. The number of hydrogen-bond donors (Lipinski definition) is 4. The third-order valence-corrected chi connectivity index (χ3v) is 3.41. The number of hydrogen-bond acceptors (Lipinski definition) is 7. The van der Waals surface area contributed by atoms with E-state index in [9.17, 15) is 20.1 Å². The molecule has 0 saturated heterocycles. The summed E-state index contributed by atoms with van der Waals surface area (Å²) in [5.41, 5.74) is -0.862. The number of carbonyl (C=O) groups is 1. The molecule has 1 aromatic rings. The molecule has 0 unspecified atom stereocenters. The van der Waals surface area contributed by atoms with Crippen molar-refractivity contribution in [1.29, 1.82) is 0 Å². The van der Waals surface area contributed by atoms with Crippen LogP contribution in [0.3, 0.4) is 0 Å².